The van der Waals surface area contributed by atoms with Crippen LogP contribution in [0.5, 0.6) is 17.2 Å². The van der Waals surface area contributed by atoms with Crippen LogP contribution >= 0.6 is 0 Å². The number of hydrogen-bond acceptors (Lipinski definition) is 6. The molecule has 0 fully saturated rings. The van der Waals surface area contributed by atoms with Gasteiger partial charge in [0, 0.05) is 11.1 Å². The number of aromatic nitrogens is 4. The fraction of sp³-hybridized carbons (Fsp3) is 0.130. The van der Waals surface area contributed by atoms with Gasteiger partial charge in [-0.25, -0.2) is 0 Å². The molecule has 4 aromatic rings. The molecule has 3 aromatic carbocycles. The Morgan fingerprint density at radius 1 is 1.00 bits per heavy atom. The predicted molar refractivity (Wildman–Crippen MR) is 112 cm³/mol. The van der Waals surface area contributed by atoms with E-state index in [2.05, 4.69) is 20.8 Å². The molecule has 0 saturated carbocycles. The minimum absolute atomic E-state index is 0.146. The van der Waals surface area contributed by atoms with Gasteiger partial charge in [-0.3, -0.25) is 4.79 Å². The Labute approximate surface area is 178 Å². The van der Waals surface area contributed by atoms with Crippen LogP contribution in [0.1, 0.15) is 22.9 Å². The van der Waals surface area contributed by atoms with E-state index in [0.29, 0.717) is 17.3 Å². The summed E-state index contributed by atoms with van der Waals surface area (Å²) in [5.74, 6) is 2.00. The predicted octanol–water partition coefficient (Wildman–Crippen LogP) is 3.22. The lowest BCUT2D eigenvalue weighted by Gasteiger charge is -2.27. The van der Waals surface area contributed by atoms with E-state index in [1.165, 1.54) is 0 Å². The van der Waals surface area contributed by atoms with Crippen molar-refractivity contribution in [1.82, 2.24) is 25.5 Å². The number of methoxy groups -OCH3 is 1. The number of ether oxygens (including phenoxy) is 2. The Morgan fingerprint density at radius 3 is 2.29 bits per heavy atom. The number of amides is 1. The van der Waals surface area contributed by atoms with Crippen molar-refractivity contribution in [3.8, 4) is 22.9 Å². The molecular weight excluding hydrogens is 394 g/mol. The van der Waals surface area contributed by atoms with Gasteiger partial charge in [0.15, 0.2) is 5.82 Å². The van der Waals surface area contributed by atoms with Crippen molar-refractivity contribution in [2.75, 3.05) is 7.11 Å². The first-order valence-corrected chi connectivity index (χ1v) is 9.79. The third kappa shape index (κ3) is 3.48. The SMILES string of the molecule is COc1ccc(-n2nnnc2CNC(=O)C2c3ccccc3Oc3ccccc32)cc1. The van der Waals surface area contributed by atoms with Gasteiger partial charge in [0.05, 0.1) is 25.3 Å². The molecule has 5 rings (SSSR count). The molecule has 1 aliphatic rings. The van der Waals surface area contributed by atoms with Crippen molar-refractivity contribution in [2.45, 2.75) is 12.5 Å². The van der Waals surface area contributed by atoms with Crippen LogP contribution in [0.15, 0.2) is 72.8 Å². The fourth-order valence-corrected chi connectivity index (χ4v) is 3.70. The summed E-state index contributed by atoms with van der Waals surface area (Å²) < 4.78 is 12.8. The first-order valence-electron chi connectivity index (χ1n) is 9.79. The number of tetrazole rings is 1. The Hall–Kier alpha value is -4.20. The molecule has 154 valence electrons. The summed E-state index contributed by atoms with van der Waals surface area (Å²) in [5.41, 5.74) is 2.43. The number of carbonyl (C=O) groups excluding carboxylic acids is 1. The van der Waals surface area contributed by atoms with Crippen molar-refractivity contribution in [1.29, 1.82) is 0 Å². The summed E-state index contributed by atoms with van der Waals surface area (Å²) in [6, 6.07) is 22.5. The van der Waals surface area contributed by atoms with E-state index in [0.717, 1.165) is 22.6 Å². The molecule has 0 bridgehead atoms. The van der Waals surface area contributed by atoms with E-state index in [1.807, 2.05) is 72.8 Å². The maximum atomic E-state index is 13.3. The molecule has 0 aliphatic carbocycles. The van der Waals surface area contributed by atoms with E-state index < -0.39 is 5.92 Å². The normalized spacial score (nSPS) is 12.4. The van der Waals surface area contributed by atoms with Gasteiger partial charge in [-0.15, -0.1) is 5.10 Å². The lowest BCUT2D eigenvalue weighted by atomic mass is 9.87. The van der Waals surface area contributed by atoms with Crippen molar-refractivity contribution in [3.05, 3.63) is 89.7 Å². The van der Waals surface area contributed by atoms with Crippen LogP contribution in [0.25, 0.3) is 5.69 Å². The first-order chi connectivity index (χ1) is 15.2. The van der Waals surface area contributed by atoms with Crippen LogP contribution in [0.2, 0.25) is 0 Å². The van der Waals surface area contributed by atoms with Gasteiger partial charge in [-0.05, 0) is 46.8 Å². The Kier molecular flexibility index (Phi) is 4.80. The molecule has 1 aromatic heterocycles. The van der Waals surface area contributed by atoms with Gasteiger partial charge in [-0.2, -0.15) is 4.68 Å². The van der Waals surface area contributed by atoms with Crippen molar-refractivity contribution >= 4 is 5.91 Å². The Morgan fingerprint density at radius 2 is 1.65 bits per heavy atom. The topological polar surface area (TPSA) is 91.2 Å². The monoisotopic (exact) mass is 413 g/mol. The van der Waals surface area contributed by atoms with Crippen molar-refractivity contribution in [2.24, 2.45) is 0 Å². The minimum Gasteiger partial charge on any atom is -0.497 e. The smallest absolute Gasteiger partial charge is 0.232 e. The quantitative estimate of drug-likeness (QED) is 0.540. The highest BCUT2D eigenvalue weighted by molar-refractivity contribution is 5.89. The van der Waals surface area contributed by atoms with Crippen molar-refractivity contribution in [3.63, 3.8) is 0 Å². The summed E-state index contributed by atoms with van der Waals surface area (Å²) in [4.78, 5) is 13.3. The summed E-state index contributed by atoms with van der Waals surface area (Å²) in [6.07, 6.45) is 0. The molecule has 0 unspecified atom stereocenters. The highest BCUT2D eigenvalue weighted by Gasteiger charge is 2.32. The molecule has 1 N–H and O–H groups in total. The summed E-state index contributed by atoms with van der Waals surface area (Å²) >= 11 is 0. The number of rotatable bonds is 5. The van der Waals surface area contributed by atoms with Crippen LogP contribution in [0, 0.1) is 0 Å². The molecule has 8 nitrogen and oxygen atoms in total. The van der Waals surface area contributed by atoms with Crippen LogP contribution < -0.4 is 14.8 Å². The van der Waals surface area contributed by atoms with E-state index in [4.69, 9.17) is 9.47 Å². The van der Waals surface area contributed by atoms with E-state index in [-0.39, 0.29) is 12.5 Å². The Bertz CT molecular complexity index is 1190. The molecule has 2 heterocycles. The third-order valence-electron chi connectivity index (χ3n) is 5.21. The average Bonchev–Trinajstić information content (AvgIpc) is 3.29. The van der Waals surface area contributed by atoms with Gasteiger partial charge in [0.25, 0.3) is 0 Å². The number of fused-ring (bicyclic) bond motifs is 2. The molecule has 1 amide bonds. The molecule has 31 heavy (non-hydrogen) atoms. The van der Waals surface area contributed by atoms with Crippen LogP contribution in [-0.2, 0) is 11.3 Å². The van der Waals surface area contributed by atoms with Gasteiger partial charge in [0.1, 0.15) is 17.2 Å². The third-order valence-corrected chi connectivity index (χ3v) is 5.21. The Balaban J connectivity index is 1.40. The zero-order valence-electron chi connectivity index (χ0n) is 16.7. The minimum atomic E-state index is -0.480. The molecule has 0 spiro atoms. The molecule has 0 radical (unpaired) electrons. The van der Waals surface area contributed by atoms with E-state index in [1.54, 1.807) is 11.8 Å². The number of para-hydroxylation sites is 2. The first kappa shape index (κ1) is 18.8. The van der Waals surface area contributed by atoms with Crippen LogP contribution in [0.4, 0.5) is 0 Å². The zero-order valence-corrected chi connectivity index (χ0v) is 16.7. The molecular formula is C23H19N5O3. The maximum Gasteiger partial charge on any atom is 0.232 e. The molecule has 0 atom stereocenters. The zero-order chi connectivity index (χ0) is 21.2. The van der Waals surface area contributed by atoms with E-state index >= 15 is 0 Å². The van der Waals surface area contributed by atoms with Crippen LogP contribution in [0.3, 0.4) is 0 Å². The maximum absolute atomic E-state index is 13.3. The number of nitrogens with one attached hydrogen (secondary N) is 1. The van der Waals surface area contributed by atoms with Crippen molar-refractivity contribution < 1.29 is 14.3 Å². The summed E-state index contributed by atoms with van der Waals surface area (Å²) in [5, 5.41) is 14.9. The molecule has 0 saturated heterocycles. The van der Waals surface area contributed by atoms with Crippen LogP contribution in [-0.4, -0.2) is 33.2 Å². The fourth-order valence-electron chi connectivity index (χ4n) is 3.70. The number of nitrogens with zero attached hydrogens (tertiary/aromatic N) is 4. The summed E-state index contributed by atoms with van der Waals surface area (Å²) in [7, 11) is 1.61. The molecule has 8 heteroatoms. The highest BCUT2D eigenvalue weighted by atomic mass is 16.5. The standard InChI is InChI=1S/C23H19N5O3/c1-30-16-12-10-15(11-13-16)28-21(25-26-27-28)14-24-23(29)22-17-6-2-4-8-19(17)31-20-9-5-3-7-18(20)22/h2-13,22H,14H2,1H3,(H,24,29). The number of carbonyl (C=O) groups is 1. The van der Waals surface area contributed by atoms with Gasteiger partial charge >= 0.3 is 0 Å². The number of hydrogen-bond donors (Lipinski definition) is 1. The van der Waals surface area contributed by atoms with E-state index in [9.17, 15) is 4.79 Å². The average molecular weight is 413 g/mol. The second-order valence-electron chi connectivity index (χ2n) is 7.03. The highest BCUT2D eigenvalue weighted by Crippen LogP contribution is 2.43. The molecule has 1 aliphatic heterocycles. The number of benzene rings is 3. The lowest BCUT2D eigenvalue weighted by molar-refractivity contribution is -0.122. The van der Waals surface area contributed by atoms with Gasteiger partial charge in [0.2, 0.25) is 5.91 Å². The van der Waals surface area contributed by atoms with Gasteiger partial charge < -0.3 is 14.8 Å². The van der Waals surface area contributed by atoms with Gasteiger partial charge in [-0.1, -0.05) is 36.4 Å². The lowest BCUT2D eigenvalue weighted by Crippen LogP contribution is -2.32. The second-order valence-corrected chi connectivity index (χ2v) is 7.03. The largest absolute Gasteiger partial charge is 0.497 e. The summed E-state index contributed by atoms with van der Waals surface area (Å²) in [6.45, 7) is 0.180. The second kappa shape index (κ2) is 7.91.